The third kappa shape index (κ3) is 5.13. The summed E-state index contributed by atoms with van der Waals surface area (Å²) in [6.45, 7) is 7.67. The minimum atomic E-state index is -0.497. The van der Waals surface area contributed by atoms with Crippen molar-refractivity contribution in [1.29, 1.82) is 0 Å². The minimum Gasteiger partial charge on any atom is -0.393 e. The zero-order chi connectivity index (χ0) is 21.2. The lowest BCUT2D eigenvalue weighted by molar-refractivity contribution is -0.140. The van der Waals surface area contributed by atoms with Crippen LogP contribution in [0, 0.1) is 11.3 Å². The van der Waals surface area contributed by atoms with Crippen LogP contribution in [0.25, 0.3) is 0 Å². The SMILES string of the molecule is CC[C@@H](NC(=O)[C@@H]1CC[C@@H](O)C1)C(=O)N1CCC(c2ccc(Cl)cc2)C(C)(C)C1. The number of hydrogen-bond acceptors (Lipinski definition) is 3. The highest BCUT2D eigenvalue weighted by molar-refractivity contribution is 6.30. The van der Waals surface area contributed by atoms with Gasteiger partial charge in [0, 0.05) is 24.0 Å². The van der Waals surface area contributed by atoms with Gasteiger partial charge in [0.1, 0.15) is 6.04 Å². The van der Waals surface area contributed by atoms with Crippen molar-refractivity contribution in [2.45, 2.75) is 70.9 Å². The Morgan fingerprint density at radius 3 is 2.48 bits per heavy atom. The Morgan fingerprint density at radius 2 is 1.93 bits per heavy atom. The molecule has 0 radical (unpaired) electrons. The van der Waals surface area contributed by atoms with E-state index in [0.29, 0.717) is 44.7 Å². The molecule has 1 saturated carbocycles. The first-order valence-electron chi connectivity index (χ1n) is 10.7. The van der Waals surface area contributed by atoms with Crippen molar-refractivity contribution in [3.05, 3.63) is 34.9 Å². The van der Waals surface area contributed by atoms with Crippen LogP contribution in [0.3, 0.4) is 0 Å². The summed E-state index contributed by atoms with van der Waals surface area (Å²) in [4.78, 5) is 27.6. The van der Waals surface area contributed by atoms with E-state index in [0.717, 1.165) is 11.4 Å². The molecule has 160 valence electrons. The van der Waals surface area contributed by atoms with Crippen LogP contribution in [0.2, 0.25) is 5.02 Å². The smallest absolute Gasteiger partial charge is 0.245 e. The second kappa shape index (κ2) is 9.05. The molecule has 4 atom stereocenters. The predicted octanol–water partition coefficient (Wildman–Crippen LogP) is 3.74. The molecule has 5 nitrogen and oxygen atoms in total. The monoisotopic (exact) mass is 420 g/mol. The number of halogens is 1. The standard InChI is InChI=1S/C23H33ClN2O3/c1-4-20(25-21(28)16-7-10-18(27)13-16)22(29)26-12-11-19(23(2,3)14-26)15-5-8-17(24)9-6-15/h5-6,8-9,16,18-20,27H,4,7,10-14H2,1-3H3,(H,25,28)/t16-,18-,19?,20-/m1/s1. The average Bonchev–Trinajstić information content (AvgIpc) is 3.12. The van der Waals surface area contributed by atoms with Crippen molar-refractivity contribution >= 4 is 23.4 Å². The second-order valence-electron chi connectivity index (χ2n) is 9.27. The number of aliphatic hydroxyl groups excluding tert-OH is 1. The van der Waals surface area contributed by atoms with Gasteiger partial charge in [-0.1, -0.05) is 44.5 Å². The number of carbonyl (C=O) groups is 2. The summed E-state index contributed by atoms with van der Waals surface area (Å²) >= 11 is 6.03. The Bertz CT molecular complexity index is 734. The minimum absolute atomic E-state index is 0.00188. The van der Waals surface area contributed by atoms with Gasteiger partial charge in [-0.2, -0.15) is 0 Å². The van der Waals surface area contributed by atoms with Crippen LogP contribution >= 0.6 is 11.6 Å². The van der Waals surface area contributed by atoms with E-state index in [9.17, 15) is 14.7 Å². The number of carbonyl (C=O) groups excluding carboxylic acids is 2. The summed E-state index contributed by atoms with van der Waals surface area (Å²) < 4.78 is 0. The maximum absolute atomic E-state index is 13.2. The highest BCUT2D eigenvalue weighted by Gasteiger charge is 2.40. The number of nitrogens with zero attached hydrogens (tertiary/aromatic N) is 1. The number of nitrogens with one attached hydrogen (secondary N) is 1. The number of rotatable bonds is 5. The number of benzene rings is 1. The molecule has 3 rings (SSSR count). The third-order valence-electron chi connectivity index (χ3n) is 6.61. The first-order chi connectivity index (χ1) is 13.7. The van der Waals surface area contributed by atoms with E-state index in [1.54, 1.807) is 0 Å². The van der Waals surface area contributed by atoms with E-state index < -0.39 is 12.1 Å². The average molecular weight is 421 g/mol. The molecule has 2 fully saturated rings. The van der Waals surface area contributed by atoms with Crippen LogP contribution in [0.1, 0.15) is 64.4 Å². The molecule has 1 saturated heterocycles. The molecule has 1 aliphatic carbocycles. The number of amides is 2. The summed E-state index contributed by atoms with van der Waals surface area (Å²) in [5, 5.41) is 13.4. The van der Waals surface area contributed by atoms with Crippen molar-refractivity contribution in [2.24, 2.45) is 11.3 Å². The highest BCUT2D eigenvalue weighted by Crippen LogP contribution is 2.42. The van der Waals surface area contributed by atoms with Crippen LogP contribution in [0.5, 0.6) is 0 Å². The molecular weight excluding hydrogens is 388 g/mol. The van der Waals surface area contributed by atoms with Gasteiger partial charge in [-0.3, -0.25) is 9.59 Å². The fraction of sp³-hybridized carbons (Fsp3) is 0.652. The molecule has 1 unspecified atom stereocenters. The quantitative estimate of drug-likeness (QED) is 0.762. The molecule has 1 aromatic carbocycles. The van der Waals surface area contributed by atoms with E-state index in [1.165, 1.54) is 5.56 Å². The van der Waals surface area contributed by atoms with Gasteiger partial charge in [0.2, 0.25) is 11.8 Å². The maximum Gasteiger partial charge on any atom is 0.245 e. The summed E-state index contributed by atoms with van der Waals surface area (Å²) in [6, 6.07) is 7.51. The van der Waals surface area contributed by atoms with E-state index in [2.05, 4.69) is 31.3 Å². The maximum atomic E-state index is 13.2. The van der Waals surface area contributed by atoms with Crippen molar-refractivity contribution in [3.8, 4) is 0 Å². The van der Waals surface area contributed by atoms with Gasteiger partial charge < -0.3 is 15.3 Å². The Balaban J connectivity index is 1.63. The summed E-state index contributed by atoms with van der Waals surface area (Å²) in [7, 11) is 0. The Morgan fingerprint density at radius 1 is 1.24 bits per heavy atom. The van der Waals surface area contributed by atoms with Gasteiger partial charge in [-0.05, 0) is 61.1 Å². The van der Waals surface area contributed by atoms with Crippen LogP contribution in [0.15, 0.2) is 24.3 Å². The molecule has 0 aromatic heterocycles. The fourth-order valence-electron chi connectivity index (χ4n) is 4.90. The topological polar surface area (TPSA) is 69.6 Å². The van der Waals surface area contributed by atoms with Crippen molar-refractivity contribution < 1.29 is 14.7 Å². The van der Waals surface area contributed by atoms with E-state index in [-0.39, 0.29) is 23.1 Å². The molecule has 1 aromatic rings. The first kappa shape index (κ1) is 22.1. The van der Waals surface area contributed by atoms with Crippen molar-refractivity contribution in [1.82, 2.24) is 10.2 Å². The lowest BCUT2D eigenvalue weighted by atomic mass is 9.70. The van der Waals surface area contributed by atoms with Crippen LogP contribution < -0.4 is 5.32 Å². The predicted molar refractivity (Wildman–Crippen MR) is 115 cm³/mol. The molecule has 1 heterocycles. The number of hydrogen-bond donors (Lipinski definition) is 2. The lowest BCUT2D eigenvalue weighted by Gasteiger charge is -2.45. The molecule has 0 spiro atoms. The van der Waals surface area contributed by atoms with Gasteiger partial charge in [-0.15, -0.1) is 0 Å². The van der Waals surface area contributed by atoms with Gasteiger partial charge in [0.15, 0.2) is 0 Å². The van der Waals surface area contributed by atoms with Crippen LogP contribution in [-0.2, 0) is 9.59 Å². The van der Waals surface area contributed by atoms with Gasteiger partial charge >= 0.3 is 0 Å². The Labute approximate surface area is 178 Å². The number of aliphatic hydroxyl groups is 1. The van der Waals surface area contributed by atoms with Gasteiger partial charge in [0.05, 0.1) is 6.10 Å². The summed E-state index contributed by atoms with van der Waals surface area (Å²) in [5.41, 5.74) is 1.19. The second-order valence-corrected chi connectivity index (χ2v) is 9.71. The van der Waals surface area contributed by atoms with E-state index in [1.807, 2.05) is 24.0 Å². The first-order valence-corrected chi connectivity index (χ1v) is 11.1. The molecule has 0 bridgehead atoms. The van der Waals surface area contributed by atoms with Crippen molar-refractivity contribution in [3.63, 3.8) is 0 Å². The molecule has 1 aliphatic heterocycles. The fourth-order valence-corrected chi connectivity index (χ4v) is 5.03. The molecule has 29 heavy (non-hydrogen) atoms. The van der Waals surface area contributed by atoms with Gasteiger partial charge in [0.25, 0.3) is 0 Å². The lowest BCUT2D eigenvalue weighted by Crippen LogP contribution is -2.54. The summed E-state index contributed by atoms with van der Waals surface area (Å²) in [6.07, 6.45) is 2.91. The van der Waals surface area contributed by atoms with E-state index >= 15 is 0 Å². The van der Waals surface area contributed by atoms with E-state index in [4.69, 9.17) is 11.6 Å². The summed E-state index contributed by atoms with van der Waals surface area (Å²) in [5.74, 6) is 0.0801. The molecule has 2 amide bonds. The zero-order valence-corrected chi connectivity index (χ0v) is 18.4. The normalized spacial score (nSPS) is 27.5. The molecule has 6 heteroatoms. The highest BCUT2D eigenvalue weighted by atomic mass is 35.5. The van der Waals surface area contributed by atoms with Crippen molar-refractivity contribution in [2.75, 3.05) is 13.1 Å². The van der Waals surface area contributed by atoms with Crippen LogP contribution in [0.4, 0.5) is 0 Å². The molecule has 2 N–H and O–H groups in total. The van der Waals surface area contributed by atoms with Gasteiger partial charge in [-0.25, -0.2) is 0 Å². The molecular formula is C23H33ClN2O3. The Kier molecular flexibility index (Phi) is 6.90. The largest absolute Gasteiger partial charge is 0.393 e. The third-order valence-corrected chi connectivity index (χ3v) is 6.86. The Hall–Kier alpha value is -1.59. The molecule has 2 aliphatic rings. The zero-order valence-electron chi connectivity index (χ0n) is 17.7. The number of piperidine rings is 1. The number of likely N-dealkylation sites (tertiary alicyclic amines) is 1. The van der Waals surface area contributed by atoms with Crippen LogP contribution in [-0.4, -0.2) is 47.1 Å².